The maximum Gasteiger partial charge on any atom is 0.249 e. The van der Waals surface area contributed by atoms with Gasteiger partial charge >= 0.3 is 0 Å². The van der Waals surface area contributed by atoms with Gasteiger partial charge < -0.3 is 9.73 Å². The number of amides is 1. The molecular weight excluding hydrogens is 286 g/mol. The summed E-state index contributed by atoms with van der Waals surface area (Å²) in [4.78, 5) is 11.5. The molecule has 0 aliphatic carbocycles. The predicted molar refractivity (Wildman–Crippen MR) is 67.3 cm³/mol. The van der Waals surface area contributed by atoms with Crippen molar-refractivity contribution in [2.75, 3.05) is 5.32 Å². The molecule has 0 bridgehead atoms. The van der Waals surface area contributed by atoms with Crippen molar-refractivity contribution in [1.82, 2.24) is 9.78 Å². The summed E-state index contributed by atoms with van der Waals surface area (Å²) < 4.78 is 7.46. The average Bonchev–Trinajstić information content (AvgIpc) is 2.85. The van der Waals surface area contributed by atoms with E-state index in [1.807, 2.05) is 0 Å². The van der Waals surface area contributed by atoms with Gasteiger partial charge in [0.05, 0.1) is 0 Å². The van der Waals surface area contributed by atoms with Crippen LogP contribution in [0.2, 0.25) is 0 Å². The van der Waals surface area contributed by atoms with Crippen LogP contribution in [0.15, 0.2) is 39.6 Å². The molecule has 1 amide bonds. The molecule has 0 unspecified atom stereocenters. The van der Waals surface area contributed by atoms with Crippen LogP contribution in [0.1, 0.15) is 5.76 Å². The average molecular weight is 296 g/mol. The Hall–Kier alpha value is -1.82. The molecule has 0 spiro atoms. The van der Waals surface area contributed by atoms with E-state index in [0.717, 1.165) is 0 Å². The van der Waals surface area contributed by atoms with Crippen LogP contribution in [-0.2, 0) is 11.8 Å². The molecular formula is C11H10BrN3O2. The topological polar surface area (TPSA) is 60.1 Å². The fourth-order valence-corrected chi connectivity index (χ4v) is 1.54. The second kappa shape index (κ2) is 5.01. The Bertz CT molecular complexity index is 557. The van der Waals surface area contributed by atoms with Crippen molar-refractivity contribution in [3.05, 3.63) is 40.9 Å². The lowest BCUT2D eigenvalue weighted by Crippen LogP contribution is -2.08. The van der Waals surface area contributed by atoms with Crippen LogP contribution in [0.5, 0.6) is 0 Å². The van der Waals surface area contributed by atoms with E-state index in [0.29, 0.717) is 16.2 Å². The van der Waals surface area contributed by atoms with Crippen LogP contribution in [0.25, 0.3) is 6.08 Å². The molecule has 0 aliphatic rings. The standard InChI is InChI=1S/C11H10BrN3O2/c1-15-7-6-10(14-15)13-11(16)5-3-8-2-4-9(12)17-8/h2-7H,1H3,(H,13,14,16). The van der Waals surface area contributed by atoms with Gasteiger partial charge in [0.25, 0.3) is 0 Å². The molecule has 6 heteroatoms. The molecule has 1 N–H and O–H groups in total. The highest BCUT2D eigenvalue weighted by molar-refractivity contribution is 9.10. The first-order chi connectivity index (χ1) is 8.13. The van der Waals surface area contributed by atoms with Gasteiger partial charge in [-0.3, -0.25) is 9.48 Å². The third kappa shape index (κ3) is 3.32. The summed E-state index contributed by atoms with van der Waals surface area (Å²) in [7, 11) is 1.78. The molecule has 0 fully saturated rings. The minimum Gasteiger partial charge on any atom is -0.450 e. The van der Waals surface area contributed by atoms with Gasteiger partial charge in [0.1, 0.15) is 5.76 Å². The largest absolute Gasteiger partial charge is 0.450 e. The molecule has 0 saturated carbocycles. The molecule has 5 nitrogen and oxygen atoms in total. The minimum atomic E-state index is -0.253. The summed E-state index contributed by atoms with van der Waals surface area (Å²) in [5.41, 5.74) is 0. The van der Waals surface area contributed by atoms with Gasteiger partial charge in [0, 0.05) is 25.4 Å². The Morgan fingerprint density at radius 2 is 2.35 bits per heavy atom. The molecule has 0 aromatic carbocycles. The van der Waals surface area contributed by atoms with E-state index < -0.39 is 0 Å². The van der Waals surface area contributed by atoms with E-state index in [1.54, 1.807) is 42.2 Å². The Balaban J connectivity index is 1.95. The van der Waals surface area contributed by atoms with Crippen molar-refractivity contribution in [1.29, 1.82) is 0 Å². The SMILES string of the molecule is Cn1ccc(NC(=O)C=Cc2ccc(Br)o2)n1. The van der Waals surface area contributed by atoms with Gasteiger partial charge in [0.2, 0.25) is 5.91 Å². The van der Waals surface area contributed by atoms with Crippen LogP contribution in [0, 0.1) is 0 Å². The maximum absolute atomic E-state index is 11.5. The first-order valence-corrected chi connectivity index (χ1v) is 5.67. The first-order valence-electron chi connectivity index (χ1n) is 4.87. The van der Waals surface area contributed by atoms with Crippen LogP contribution in [0.3, 0.4) is 0 Å². The van der Waals surface area contributed by atoms with Crippen molar-refractivity contribution >= 4 is 33.7 Å². The zero-order chi connectivity index (χ0) is 12.3. The minimum absolute atomic E-state index is 0.253. The quantitative estimate of drug-likeness (QED) is 0.885. The van der Waals surface area contributed by atoms with Gasteiger partial charge in [-0.2, -0.15) is 5.10 Å². The third-order valence-corrected chi connectivity index (χ3v) is 2.38. The number of nitrogens with zero attached hydrogens (tertiary/aromatic N) is 2. The highest BCUT2D eigenvalue weighted by Crippen LogP contribution is 2.15. The van der Waals surface area contributed by atoms with Crippen LogP contribution >= 0.6 is 15.9 Å². The molecule has 2 rings (SSSR count). The molecule has 0 saturated heterocycles. The number of aryl methyl sites for hydroxylation is 1. The molecule has 0 radical (unpaired) electrons. The Morgan fingerprint density at radius 3 is 2.94 bits per heavy atom. The highest BCUT2D eigenvalue weighted by atomic mass is 79.9. The number of rotatable bonds is 3. The van der Waals surface area contributed by atoms with Gasteiger partial charge in [-0.25, -0.2) is 0 Å². The molecule has 88 valence electrons. The first kappa shape index (κ1) is 11.7. The van der Waals surface area contributed by atoms with E-state index in [-0.39, 0.29) is 5.91 Å². The zero-order valence-corrected chi connectivity index (χ0v) is 10.6. The predicted octanol–water partition coefficient (Wildman–Crippen LogP) is 2.43. The number of halogens is 1. The zero-order valence-electron chi connectivity index (χ0n) is 9.05. The second-order valence-electron chi connectivity index (χ2n) is 3.34. The number of carbonyl (C=O) groups is 1. The van der Waals surface area contributed by atoms with Crippen molar-refractivity contribution in [3.8, 4) is 0 Å². The van der Waals surface area contributed by atoms with Crippen LogP contribution < -0.4 is 5.32 Å². The fourth-order valence-electron chi connectivity index (χ4n) is 1.23. The Kier molecular flexibility index (Phi) is 3.43. The summed E-state index contributed by atoms with van der Waals surface area (Å²) in [5.74, 6) is 0.868. The Morgan fingerprint density at radius 1 is 1.53 bits per heavy atom. The number of anilines is 1. The van der Waals surface area contributed by atoms with Crippen molar-refractivity contribution in [2.45, 2.75) is 0 Å². The number of nitrogens with one attached hydrogen (secondary N) is 1. The van der Waals surface area contributed by atoms with Gasteiger partial charge in [-0.1, -0.05) is 0 Å². The summed E-state index contributed by atoms with van der Waals surface area (Å²) in [5, 5.41) is 6.66. The molecule has 0 atom stereocenters. The van der Waals surface area contributed by atoms with E-state index in [4.69, 9.17) is 4.42 Å². The van der Waals surface area contributed by atoms with E-state index in [9.17, 15) is 4.79 Å². The third-order valence-electron chi connectivity index (χ3n) is 1.96. The number of carbonyl (C=O) groups excluding carboxylic acids is 1. The van der Waals surface area contributed by atoms with Gasteiger partial charge in [-0.05, 0) is 34.1 Å². The van der Waals surface area contributed by atoms with Crippen LogP contribution in [-0.4, -0.2) is 15.7 Å². The number of hydrogen-bond acceptors (Lipinski definition) is 3. The molecule has 0 aliphatic heterocycles. The van der Waals surface area contributed by atoms with E-state index in [1.165, 1.54) is 6.08 Å². The summed E-state index contributed by atoms with van der Waals surface area (Å²) in [6, 6.07) is 5.24. The smallest absolute Gasteiger partial charge is 0.249 e. The summed E-state index contributed by atoms with van der Waals surface area (Å²) >= 11 is 3.18. The molecule has 2 aromatic rings. The number of hydrogen-bond donors (Lipinski definition) is 1. The maximum atomic E-state index is 11.5. The van der Waals surface area contributed by atoms with Crippen molar-refractivity contribution in [2.24, 2.45) is 7.05 Å². The van der Waals surface area contributed by atoms with Gasteiger partial charge in [-0.15, -0.1) is 0 Å². The number of furan rings is 1. The second-order valence-corrected chi connectivity index (χ2v) is 4.12. The molecule has 2 aromatic heterocycles. The summed E-state index contributed by atoms with van der Waals surface area (Å²) in [6.45, 7) is 0. The lowest BCUT2D eigenvalue weighted by atomic mass is 10.4. The fraction of sp³-hybridized carbons (Fsp3) is 0.0909. The lowest BCUT2D eigenvalue weighted by Gasteiger charge is -1.95. The normalized spacial score (nSPS) is 10.9. The summed E-state index contributed by atoms with van der Waals surface area (Å²) in [6.07, 6.45) is 4.73. The van der Waals surface area contributed by atoms with E-state index >= 15 is 0 Å². The van der Waals surface area contributed by atoms with Gasteiger partial charge in [0.15, 0.2) is 10.5 Å². The highest BCUT2D eigenvalue weighted by Gasteiger charge is 2.01. The van der Waals surface area contributed by atoms with Crippen molar-refractivity contribution in [3.63, 3.8) is 0 Å². The van der Waals surface area contributed by atoms with E-state index in [2.05, 4.69) is 26.3 Å². The Labute approximate surface area is 106 Å². The molecule has 17 heavy (non-hydrogen) atoms. The van der Waals surface area contributed by atoms with Crippen LogP contribution in [0.4, 0.5) is 5.82 Å². The number of aromatic nitrogens is 2. The van der Waals surface area contributed by atoms with Crippen molar-refractivity contribution < 1.29 is 9.21 Å². The molecule has 2 heterocycles. The lowest BCUT2D eigenvalue weighted by molar-refractivity contribution is -0.111. The monoisotopic (exact) mass is 295 g/mol.